The molecule has 5 rings (SSSR count). The van der Waals surface area contributed by atoms with Crippen molar-refractivity contribution in [2.45, 2.75) is 78.7 Å². The van der Waals surface area contributed by atoms with E-state index in [4.69, 9.17) is 9.47 Å². The van der Waals surface area contributed by atoms with E-state index in [1.807, 2.05) is 32.9 Å². The minimum absolute atomic E-state index is 0.0232. The smallest absolute Gasteiger partial charge is 0.330 e. The minimum atomic E-state index is -0.718. The van der Waals surface area contributed by atoms with E-state index in [1.54, 1.807) is 17.8 Å². The number of rotatable bonds is 10. The number of benzene rings is 1. The van der Waals surface area contributed by atoms with Gasteiger partial charge in [0.05, 0.1) is 25.5 Å². The highest BCUT2D eigenvalue weighted by Gasteiger charge is 2.38. The largest absolute Gasteiger partial charge is 0.394 e. The Morgan fingerprint density at radius 2 is 1.74 bits per heavy atom. The fraction of sp³-hybridized carbons (Fsp3) is 0.448. The average molecular weight is 594 g/mol. The molecule has 4 heterocycles. The topological polar surface area (TPSA) is 179 Å². The highest BCUT2D eigenvalue weighted by atomic mass is 16.5. The number of nitrogens with zero attached hydrogens (tertiary/aromatic N) is 5. The third-order valence-electron chi connectivity index (χ3n) is 7.63. The summed E-state index contributed by atoms with van der Waals surface area (Å²) in [6, 6.07) is 5.70. The lowest BCUT2D eigenvalue weighted by Gasteiger charge is -2.16. The van der Waals surface area contributed by atoms with E-state index in [0.29, 0.717) is 41.8 Å². The van der Waals surface area contributed by atoms with Gasteiger partial charge >= 0.3 is 11.4 Å². The molecule has 228 valence electrons. The first kappa shape index (κ1) is 30.1. The first-order valence-corrected chi connectivity index (χ1v) is 14.1. The Morgan fingerprint density at radius 1 is 1.02 bits per heavy atom. The number of aromatic amines is 2. The third-order valence-corrected chi connectivity index (χ3v) is 7.63. The Labute approximate surface area is 245 Å². The summed E-state index contributed by atoms with van der Waals surface area (Å²) in [5, 5.41) is 18.3. The molecule has 3 N–H and O–H groups in total. The lowest BCUT2D eigenvalue weighted by Crippen LogP contribution is -2.36. The zero-order valence-corrected chi connectivity index (χ0v) is 24.5. The molecule has 0 saturated carbocycles. The molecule has 0 amide bonds. The van der Waals surface area contributed by atoms with Gasteiger partial charge in [-0.05, 0) is 32.8 Å². The van der Waals surface area contributed by atoms with Crippen molar-refractivity contribution in [2.24, 2.45) is 0 Å². The molecule has 0 spiro atoms. The Balaban J connectivity index is 1.32. The normalized spacial score (nSPS) is 18.4. The van der Waals surface area contributed by atoms with Gasteiger partial charge in [-0.25, -0.2) is 14.3 Å². The molecule has 1 aliphatic rings. The van der Waals surface area contributed by atoms with E-state index < -0.39 is 40.9 Å². The lowest BCUT2D eigenvalue weighted by atomic mass is 10.0. The fourth-order valence-corrected chi connectivity index (χ4v) is 5.64. The van der Waals surface area contributed by atoms with Crippen LogP contribution in [-0.2, 0) is 35.7 Å². The van der Waals surface area contributed by atoms with Gasteiger partial charge in [-0.15, -0.1) is 5.10 Å². The predicted molar refractivity (Wildman–Crippen MR) is 155 cm³/mol. The molecular weight excluding hydrogens is 558 g/mol. The van der Waals surface area contributed by atoms with Crippen LogP contribution in [0.3, 0.4) is 0 Å². The highest BCUT2D eigenvalue weighted by molar-refractivity contribution is 5.33. The van der Waals surface area contributed by atoms with E-state index in [-0.39, 0.29) is 19.9 Å². The monoisotopic (exact) mass is 593 g/mol. The number of H-pyrrole nitrogens is 2. The summed E-state index contributed by atoms with van der Waals surface area (Å²) in [6.45, 7) is 7.06. The summed E-state index contributed by atoms with van der Waals surface area (Å²) in [6.07, 6.45) is 2.85. The molecular formula is C29H35N7O7. The van der Waals surface area contributed by atoms with Crippen LogP contribution in [0.4, 0.5) is 0 Å². The van der Waals surface area contributed by atoms with E-state index in [9.17, 15) is 24.3 Å². The summed E-state index contributed by atoms with van der Waals surface area (Å²) in [5.74, 6) is 0. The molecule has 0 radical (unpaired) electrons. The number of ether oxygens (including phenoxy) is 2. The second kappa shape index (κ2) is 12.5. The summed E-state index contributed by atoms with van der Waals surface area (Å²) in [7, 11) is 0. The van der Waals surface area contributed by atoms with Crippen LogP contribution in [0, 0.1) is 20.8 Å². The zero-order valence-electron chi connectivity index (χ0n) is 24.5. The molecule has 1 saturated heterocycles. The van der Waals surface area contributed by atoms with Crippen LogP contribution < -0.4 is 22.5 Å². The Morgan fingerprint density at radius 3 is 2.44 bits per heavy atom. The SMILES string of the molecule is CCc1c(Cc2cc(C)cc(C)c2)n(COCc2cn([C@H]3C[C@H](n4cc(C)c(=O)[nH]c4=O)O[C@@H]3CO)nn2)c(=O)[nH]c1=O. The fourth-order valence-electron chi connectivity index (χ4n) is 5.64. The van der Waals surface area contributed by atoms with Crippen molar-refractivity contribution < 1.29 is 14.6 Å². The quantitative estimate of drug-likeness (QED) is 0.239. The Hall–Kier alpha value is -4.40. The molecule has 14 nitrogen and oxygen atoms in total. The van der Waals surface area contributed by atoms with Crippen LogP contribution in [0.25, 0.3) is 0 Å². The van der Waals surface area contributed by atoms with Crippen LogP contribution >= 0.6 is 0 Å². The maximum atomic E-state index is 12.9. The van der Waals surface area contributed by atoms with E-state index in [2.05, 4.69) is 26.3 Å². The maximum Gasteiger partial charge on any atom is 0.330 e. The molecule has 43 heavy (non-hydrogen) atoms. The molecule has 1 aliphatic heterocycles. The second-order valence-electron chi connectivity index (χ2n) is 10.9. The summed E-state index contributed by atoms with van der Waals surface area (Å²) < 4.78 is 16.1. The number of aromatic nitrogens is 7. The molecule has 1 aromatic carbocycles. The van der Waals surface area contributed by atoms with Crippen molar-refractivity contribution in [2.75, 3.05) is 6.61 Å². The van der Waals surface area contributed by atoms with Crippen molar-refractivity contribution in [3.8, 4) is 0 Å². The molecule has 0 bridgehead atoms. The molecule has 14 heteroatoms. The van der Waals surface area contributed by atoms with Gasteiger partial charge in [0, 0.05) is 35.9 Å². The first-order valence-electron chi connectivity index (χ1n) is 14.1. The predicted octanol–water partition coefficient (Wildman–Crippen LogP) is 0.752. The van der Waals surface area contributed by atoms with Crippen LogP contribution in [-0.4, -0.2) is 51.9 Å². The van der Waals surface area contributed by atoms with Gasteiger partial charge in [-0.1, -0.05) is 41.5 Å². The number of aliphatic hydroxyl groups is 1. The molecule has 4 aromatic rings. The van der Waals surface area contributed by atoms with Gasteiger partial charge in [0.1, 0.15) is 24.8 Å². The van der Waals surface area contributed by atoms with Gasteiger partial charge in [-0.2, -0.15) is 0 Å². The van der Waals surface area contributed by atoms with Crippen LogP contribution in [0.5, 0.6) is 0 Å². The van der Waals surface area contributed by atoms with Gasteiger partial charge in [-0.3, -0.25) is 28.7 Å². The standard InChI is InChI=1S/C29H35N7O7/c1-5-21-22(9-19-7-16(2)6-17(3)8-19)35(29(41)31-27(21)39)15-42-14-20-12-36(33-32-20)23-10-25(43-24(23)13-37)34-11-18(4)26(38)30-28(34)40/h6-8,11-12,23-25,37H,5,9-10,13-15H2,1-4H3,(H,30,38,40)(H,31,39,41)/t23-,24+,25+/m0/s1. The third kappa shape index (κ3) is 6.35. The van der Waals surface area contributed by atoms with E-state index >= 15 is 0 Å². The number of hydrogen-bond donors (Lipinski definition) is 3. The van der Waals surface area contributed by atoms with Crippen molar-refractivity contribution in [1.82, 2.24) is 34.1 Å². The molecule has 0 aliphatic carbocycles. The number of aryl methyl sites for hydroxylation is 3. The van der Waals surface area contributed by atoms with Crippen molar-refractivity contribution in [3.05, 3.63) is 111 Å². The number of hydrogen-bond acceptors (Lipinski definition) is 9. The van der Waals surface area contributed by atoms with Crippen LogP contribution in [0.2, 0.25) is 0 Å². The molecule has 1 fully saturated rings. The summed E-state index contributed by atoms with van der Waals surface area (Å²) >= 11 is 0. The van der Waals surface area contributed by atoms with E-state index in [1.165, 1.54) is 15.3 Å². The second-order valence-corrected chi connectivity index (χ2v) is 10.9. The maximum absolute atomic E-state index is 12.9. The summed E-state index contributed by atoms with van der Waals surface area (Å²) in [5.41, 5.74) is 3.09. The molecule has 3 atom stereocenters. The highest BCUT2D eigenvalue weighted by Crippen LogP contribution is 2.35. The van der Waals surface area contributed by atoms with E-state index in [0.717, 1.165) is 16.7 Å². The number of aliphatic hydroxyl groups excluding tert-OH is 1. The zero-order chi connectivity index (χ0) is 30.8. The van der Waals surface area contributed by atoms with Crippen molar-refractivity contribution in [3.63, 3.8) is 0 Å². The lowest BCUT2D eigenvalue weighted by molar-refractivity contribution is -0.0323. The number of nitrogens with one attached hydrogen (secondary N) is 2. The van der Waals surface area contributed by atoms with Gasteiger partial charge in [0.15, 0.2) is 0 Å². The van der Waals surface area contributed by atoms with Crippen LogP contribution in [0.15, 0.2) is 49.8 Å². The molecule has 0 unspecified atom stereocenters. The minimum Gasteiger partial charge on any atom is -0.394 e. The van der Waals surface area contributed by atoms with Crippen molar-refractivity contribution >= 4 is 0 Å². The van der Waals surface area contributed by atoms with Crippen LogP contribution in [0.1, 0.15) is 64.8 Å². The van der Waals surface area contributed by atoms with Gasteiger partial charge in [0.25, 0.3) is 11.1 Å². The Kier molecular flexibility index (Phi) is 8.71. The van der Waals surface area contributed by atoms with Gasteiger partial charge in [0.2, 0.25) is 0 Å². The molecule has 3 aromatic heterocycles. The average Bonchev–Trinajstić information content (AvgIpc) is 3.59. The Bertz CT molecular complexity index is 1850. The van der Waals surface area contributed by atoms with Gasteiger partial charge < -0.3 is 14.6 Å². The summed E-state index contributed by atoms with van der Waals surface area (Å²) in [4.78, 5) is 54.3. The first-order chi connectivity index (χ1) is 20.6. The van der Waals surface area contributed by atoms with Crippen molar-refractivity contribution in [1.29, 1.82) is 0 Å².